The van der Waals surface area contributed by atoms with Gasteiger partial charge in [-0.25, -0.2) is 9.55 Å². The molecule has 0 saturated carbocycles. The number of nitrogens with one attached hydrogen (secondary N) is 1. The van der Waals surface area contributed by atoms with Crippen LogP contribution in [-0.2, 0) is 23.4 Å². The molecule has 3 heterocycles. The molecule has 0 amide bonds. The highest BCUT2D eigenvalue weighted by Gasteiger charge is 2.40. The van der Waals surface area contributed by atoms with Crippen LogP contribution in [0.2, 0.25) is 0 Å². The summed E-state index contributed by atoms with van der Waals surface area (Å²) < 4.78 is 45.1. The third-order valence-electron chi connectivity index (χ3n) is 7.75. The minimum atomic E-state index is -4.25. The highest BCUT2D eigenvalue weighted by Crippen LogP contribution is 2.48. The van der Waals surface area contributed by atoms with Crippen LogP contribution in [-0.4, -0.2) is 69.2 Å². The number of hydrogen-bond donors (Lipinski definition) is 3. The van der Waals surface area contributed by atoms with Crippen molar-refractivity contribution in [1.29, 1.82) is 0 Å². The summed E-state index contributed by atoms with van der Waals surface area (Å²) in [5, 5.41) is 15.5. The molecule has 4 N–H and O–H groups in total. The molecule has 0 bridgehead atoms. The lowest BCUT2D eigenvalue weighted by molar-refractivity contribution is -0.146. The standard InChI is InChI=1S/C32H43N6O8P/c1-5-6-9-15-43-31(40)24(16-20(2)3)37-47(41,46-26-14-10-12-21-11-7-8-13-23(21)26)44-18-22-17-25(39)30(45-22)38-19-34-27-28(33)35-32(42-4)36-29(27)38/h7-8,10-14,19-20,22,24-25,30,39H,5-6,9,15-18H2,1-4H3,(H,37,41)(H2,33,35,36)/t22-,24-,25-,30+,47?/m0/s1. The molecule has 2 aromatic carbocycles. The molecule has 15 heteroatoms. The van der Waals surface area contributed by atoms with Crippen LogP contribution in [0, 0.1) is 5.92 Å². The van der Waals surface area contributed by atoms with Crippen LogP contribution in [0.1, 0.15) is 59.1 Å². The summed E-state index contributed by atoms with van der Waals surface area (Å²) in [4.78, 5) is 25.9. The minimum absolute atomic E-state index is 0.0431. The molecule has 2 aromatic heterocycles. The Kier molecular flexibility index (Phi) is 11.3. The third kappa shape index (κ3) is 8.38. The van der Waals surface area contributed by atoms with Gasteiger partial charge in [0.05, 0.1) is 32.8 Å². The van der Waals surface area contributed by atoms with Gasteiger partial charge in [-0.2, -0.15) is 15.1 Å². The number of esters is 1. The maximum absolute atomic E-state index is 14.6. The van der Waals surface area contributed by atoms with Gasteiger partial charge in [-0.05, 0) is 30.2 Å². The smallest absolute Gasteiger partial charge is 0.459 e. The number of rotatable bonds is 16. The van der Waals surface area contributed by atoms with E-state index in [1.54, 1.807) is 12.1 Å². The second-order valence-electron chi connectivity index (χ2n) is 11.9. The summed E-state index contributed by atoms with van der Waals surface area (Å²) in [5.74, 6) is -0.0241. The van der Waals surface area contributed by atoms with Crippen molar-refractivity contribution in [3.8, 4) is 11.8 Å². The molecule has 47 heavy (non-hydrogen) atoms. The average Bonchev–Trinajstić information content (AvgIpc) is 3.64. The maximum Gasteiger partial charge on any atom is 0.459 e. The monoisotopic (exact) mass is 670 g/mol. The Hall–Kier alpha value is -3.81. The van der Waals surface area contributed by atoms with E-state index in [1.165, 1.54) is 18.0 Å². The first-order chi connectivity index (χ1) is 22.6. The first-order valence-corrected chi connectivity index (χ1v) is 17.4. The average molecular weight is 671 g/mol. The quantitative estimate of drug-likeness (QED) is 0.0808. The van der Waals surface area contributed by atoms with Gasteiger partial charge in [-0.1, -0.05) is 70.0 Å². The number of unbranched alkanes of at least 4 members (excludes halogenated alkanes) is 2. The van der Waals surface area contributed by atoms with Crippen molar-refractivity contribution < 1.29 is 37.7 Å². The van der Waals surface area contributed by atoms with Gasteiger partial charge in [-0.15, -0.1) is 0 Å². The van der Waals surface area contributed by atoms with Crippen molar-refractivity contribution in [2.45, 2.75) is 77.4 Å². The number of imidazole rings is 1. The summed E-state index contributed by atoms with van der Waals surface area (Å²) in [6, 6.07) is 12.0. The molecule has 0 aliphatic carbocycles. The Balaban J connectivity index is 1.37. The molecule has 5 atom stereocenters. The van der Waals surface area contributed by atoms with Crippen LogP contribution in [0.4, 0.5) is 5.82 Å². The van der Waals surface area contributed by atoms with Gasteiger partial charge in [0.25, 0.3) is 0 Å². The second kappa shape index (κ2) is 15.4. The van der Waals surface area contributed by atoms with E-state index >= 15 is 0 Å². The van der Waals surface area contributed by atoms with E-state index in [-0.39, 0.29) is 37.4 Å². The molecule has 0 spiro atoms. The predicted molar refractivity (Wildman–Crippen MR) is 176 cm³/mol. The zero-order chi connectivity index (χ0) is 33.6. The fourth-order valence-corrected chi connectivity index (χ4v) is 7.00. The molecule has 1 aliphatic rings. The van der Waals surface area contributed by atoms with Gasteiger partial charge in [0.2, 0.25) is 0 Å². The Bertz CT molecular complexity index is 1710. The zero-order valence-electron chi connectivity index (χ0n) is 27.1. The number of hydrogen-bond acceptors (Lipinski definition) is 12. The fraction of sp³-hybridized carbons (Fsp3) is 0.500. The normalized spacial score (nSPS) is 20.0. The van der Waals surface area contributed by atoms with Crippen LogP contribution in [0.15, 0.2) is 48.8 Å². The second-order valence-corrected chi connectivity index (χ2v) is 13.6. The number of carbonyl (C=O) groups is 1. The lowest BCUT2D eigenvalue weighted by Crippen LogP contribution is -2.39. The number of aliphatic hydroxyl groups is 1. The number of methoxy groups -OCH3 is 1. The number of benzene rings is 2. The number of nitrogens with zero attached hydrogens (tertiary/aromatic N) is 4. The van der Waals surface area contributed by atoms with E-state index in [2.05, 4.69) is 27.0 Å². The van der Waals surface area contributed by atoms with Gasteiger partial charge >= 0.3 is 19.7 Å². The van der Waals surface area contributed by atoms with Crippen LogP contribution >= 0.6 is 7.75 Å². The Morgan fingerprint density at radius 2 is 1.98 bits per heavy atom. The molecule has 1 fully saturated rings. The number of fused-ring (bicyclic) bond motifs is 2. The summed E-state index contributed by atoms with van der Waals surface area (Å²) in [6.07, 6.45) is 1.99. The predicted octanol–water partition coefficient (Wildman–Crippen LogP) is 5.16. The van der Waals surface area contributed by atoms with E-state index < -0.39 is 38.2 Å². The first-order valence-electron chi connectivity index (χ1n) is 15.8. The number of aromatic nitrogens is 4. The highest BCUT2D eigenvalue weighted by atomic mass is 31.2. The van der Waals surface area contributed by atoms with Gasteiger partial charge in [0.1, 0.15) is 17.9 Å². The molecular formula is C32H43N6O8P. The van der Waals surface area contributed by atoms with E-state index in [4.69, 9.17) is 29.0 Å². The Labute approximate surface area is 273 Å². The Morgan fingerprint density at radius 3 is 2.74 bits per heavy atom. The van der Waals surface area contributed by atoms with E-state index in [1.807, 2.05) is 44.2 Å². The molecule has 254 valence electrons. The number of aliphatic hydroxyl groups excluding tert-OH is 1. The van der Waals surface area contributed by atoms with Gasteiger partial charge in [-0.3, -0.25) is 13.9 Å². The first kappa shape index (κ1) is 34.5. The molecule has 14 nitrogen and oxygen atoms in total. The van der Waals surface area contributed by atoms with E-state index in [0.29, 0.717) is 23.3 Å². The zero-order valence-corrected chi connectivity index (χ0v) is 28.0. The highest BCUT2D eigenvalue weighted by molar-refractivity contribution is 7.52. The van der Waals surface area contributed by atoms with Crippen molar-refractivity contribution >= 4 is 41.5 Å². The Morgan fingerprint density at radius 1 is 1.19 bits per heavy atom. The third-order valence-corrected chi connectivity index (χ3v) is 9.30. The number of anilines is 1. The van der Waals surface area contributed by atoms with Crippen LogP contribution in [0.5, 0.6) is 11.8 Å². The molecule has 1 saturated heterocycles. The number of nitrogen functional groups attached to an aromatic ring is 1. The number of nitrogens with two attached hydrogens (primary N) is 1. The SMILES string of the molecule is CCCCCOC(=O)[C@H](CC(C)C)NP(=O)(OC[C@@H]1C[C@H](O)[C@H](n2cnc3c(N)nc(OC)nc32)O1)Oc1cccc2ccccc12. The van der Waals surface area contributed by atoms with Crippen molar-refractivity contribution in [3.63, 3.8) is 0 Å². The lowest BCUT2D eigenvalue weighted by Gasteiger charge is -2.27. The van der Waals surface area contributed by atoms with E-state index in [9.17, 15) is 14.5 Å². The minimum Gasteiger partial charge on any atom is -0.467 e. The molecule has 4 aromatic rings. The molecule has 5 rings (SSSR count). The molecular weight excluding hydrogens is 627 g/mol. The van der Waals surface area contributed by atoms with Crippen molar-refractivity contribution in [3.05, 3.63) is 48.8 Å². The van der Waals surface area contributed by atoms with Gasteiger partial charge in [0, 0.05) is 11.8 Å². The molecule has 1 unspecified atom stereocenters. The van der Waals surface area contributed by atoms with Crippen LogP contribution in [0.25, 0.3) is 21.9 Å². The largest absolute Gasteiger partial charge is 0.467 e. The summed E-state index contributed by atoms with van der Waals surface area (Å²) in [6.45, 7) is 6.02. The lowest BCUT2D eigenvalue weighted by atomic mass is 10.1. The van der Waals surface area contributed by atoms with Crippen LogP contribution in [0.3, 0.4) is 0 Å². The summed E-state index contributed by atoms with van der Waals surface area (Å²) >= 11 is 0. The van der Waals surface area contributed by atoms with Crippen molar-refractivity contribution in [2.24, 2.45) is 5.92 Å². The van der Waals surface area contributed by atoms with Crippen molar-refractivity contribution in [1.82, 2.24) is 24.6 Å². The topological polar surface area (TPSA) is 182 Å². The number of ether oxygens (including phenoxy) is 3. The van der Waals surface area contributed by atoms with E-state index in [0.717, 1.165) is 30.0 Å². The maximum atomic E-state index is 14.6. The van der Waals surface area contributed by atoms with Crippen molar-refractivity contribution in [2.75, 3.05) is 26.1 Å². The molecule has 0 radical (unpaired) electrons. The fourth-order valence-electron chi connectivity index (χ4n) is 5.45. The summed E-state index contributed by atoms with van der Waals surface area (Å²) in [7, 11) is -2.83. The number of carbonyl (C=O) groups excluding carboxylic acids is 1. The summed E-state index contributed by atoms with van der Waals surface area (Å²) in [5.41, 5.74) is 6.67. The van der Waals surface area contributed by atoms with Gasteiger partial charge < -0.3 is 29.6 Å². The van der Waals surface area contributed by atoms with Crippen LogP contribution < -0.4 is 20.1 Å². The molecule has 1 aliphatic heterocycles. The van der Waals surface area contributed by atoms with Gasteiger partial charge in [0.15, 0.2) is 23.2 Å².